The number of carbonyl (C=O) groups is 1. The molecule has 1 aromatic heterocycles. The van der Waals surface area contributed by atoms with Crippen LogP contribution in [0.2, 0.25) is 0 Å². The van der Waals surface area contributed by atoms with E-state index < -0.39 is 0 Å². The monoisotopic (exact) mass is 374 g/mol. The molecule has 1 aromatic carbocycles. The van der Waals surface area contributed by atoms with Crippen LogP contribution in [0.15, 0.2) is 40.0 Å². The Morgan fingerprint density at radius 2 is 1.77 bits per heavy atom. The minimum atomic E-state index is -0.244. The molecule has 0 aliphatic carbocycles. The number of benzene rings is 1. The Labute approximate surface area is 159 Å². The molecule has 1 unspecified atom stereocenters. The molecule has 3 rings (SSSR count). The summed E-state index contributed by atoms with van der Waals surface area (Å²) in [6.07, 6.45) is 0. The van der Waals surface area contributed by atoms with Crippen molar-refractivity contribution in [3.8, 4) is 0 Å². The quantitative estimate of drug-likeness (QED) is 0.766. The highest BCUT2D eigenvalue weighted by molar-refractivity contribution is 8.00. The number of anilines is 1. The second-order valence-corrected chi connectivity index (χ2v) is 8.82. The fourth-order valence-corrected chi connectivity index (χ4v) is 3.61. The fourth-order valence-electron chi connectivity index (χ4n) is 2.84. The Bertz CT molecular complexity index is 733. The number of carbonyl (C=O) groups excluding carboxylic acids is 1. The van der Waals surface area contributed by atoms with Crippen molar-refractivity contribution < 1.29 is 9.21 Å². The SMILES string of the molecule is CC(Sc1nnc(C(C)(C)C)o1)C(=O)N1CCN(c2ccccc2)CC1. The van der Waals surface area contributed by atoms with E-state index in [1.165, 1.54) is 17.4 Å². The van der Waals surface area contributed by atoms with Crippen LogP contribution in [0.5, 0.6) is 0 Å². The number of nitrogens with zero attached hydrogens (tertiary/aromatic N) is 4. The maximum Gasteiger partial charge on any atom is 0.277 e. The van der Waals surface area contributed by atoms with Gasteiger partial charge in [0, 0.05) is 37.3 Å². The first-order valence-corrected chi connectivity index (χ1v) is 9.82. The number of hydrogen-bond acceptors (Lipinski definition) is 6. The average Bonchev–Trinajstić information content (AvgIpc) is 3.11. The second kappa shape index (κ2) is 7.70. The molecule has 140 valence electrons. The van der Waals surface area contributed by atoms with Crippen molar-refractivity contribution in [3.05, 3.63) is 36.2 Å². The third-order valence-electron chi connectivity index (χ3n) is 4.39. The molecule has 1 saturated heterocycles. The molecule has 1 aliphatic heterocycles. The van der Waals surface area contributed by atoms with Crippen molar-refractivity contribution in [2.45, 2.75) is 43.6 Å². The molecule has 1 aliphatic rings. The van der Waals surface area contributed by atoms with Crippen LogP contribution in [0.3, 0.4) is 0 Å². The lowest BCUT2D eigenvalue weighted by molar-refractivity contribution is -0.130. The Morgan fingerprint density at radius 3 is 2.35 bits per heavy atom. The lowest BCUT2D eigenvalue weighted by atomic mass is 9.97. The van der Waals surface area contributed by atoms with Crippen LogP contribution in [0.1, 0.15) is 33.6 Å². The molecule has 2 heterocycles. The van der Waals surface area contributed by atoms with Gasteiger partial charge in [-0.2, -0.15) is 0 Å². The smallest absolute Gasteiger partial charge is 0.277 e. The number of piperazine rings is 1. The van der Waals surface area contributed by atoms with Crippen molar-refractivity contribution in [1.82, 2.24) is 15.1 Å². The van der Waals surface area contributed by atoms with Crippen LogP contribution in [0, 0.1) is 0 Å². The number of amides is 1. The Kier molecular flexibility index (Phi) is 5.55. The van der Waals surface area contributed by atoms with E-state index in [0.717, 1.165) is 26.2 Å². The summed E-state index contributed by atoms with van der Waals surface area (Å²) < 4.78 is 5.69. The summed E-state index contributed by atoms with van der Waals surface area (Å²) in [7, 11) is 0. The van der Waals surface area contributed by atoms with E-state index >= 15 is 0 Å². The average molecular weight is 375 g/mol. The van der Waals surface area contributed by atoms with Gasteiger partial charge in [0.1, 0.15) is 0 Å². The zero-order chi connectivity index (χ0) is 18.7. The van der Waals surface area contributed by atoms with Crippen LogP contribution >= 0.6 is 11.8 Å². The Balaban J connectivity index is 1.54. The first-order valence-electron chi connectivity index (χ1n) is 8.94. The summed E-state index contributed by atoms with van der Waals surface area (Å²) in [5, 5.41) is 8.37. The van der Waals surface area contributed by atoms with Crippen LogP contribution in [-0.2, 0) is 10.2 Å². The molecule has 26 heavy (non-hydrogen) atoms. The van der Waals surface area contributed by atoms with Crippen molar-refractivity contribution in [2.75, 3.05) is 31.1 Å². The van der Waals surface area contributed by atoms with Gasteiger partial charge in [-0.3, -0.25) is 4.79 Å². The Morgan fingerprint density at radius 1 is 1.12 bits per heavy atom. The third kappa shape index (κ3) is 4.38. The molecular formula is C19H26N4O2S. The summed E-state index contributed by atoms with van der Waals surface area (Å²) in [5.41, 5.74) is 1.02. The van der Waals surface area contributed by atoms with E-state index in [0.29, 0.717) is 11.1 Å². The van der Waals surface area contributed by atoms with Gasteiger partial charge in [0.05, 0.1) is 5.25 Å². The maximum absolute atomic E-state index is 12.7. The van der Waals surface area contributed by atoms with Crippen LogP contribution in [0.4, 0.5) is 5.69 Å². The maximum atomic E-state index is 12.7. The second-order valence-electron chi connectivity index (χ2n) is 7.53. The highest BCUT2D eigenvalue weighted by Crippen LogP contribution is 2.28. The first kappa shape index (κ1) is 18.8. The van der Waals surface area contributed by atoms with Gasteiger partial charge in [0.25, 0.3) is 5.22 Å². The molecule has 2 aromatic rings. The van der Waals surface area contributed by atoms with Gasteiger partial charge in [-0.1, -0.05) is 50.7 Å². The van der Waals surface area contributed by atoms with Crippen molar-refractivity contribution >= 4 is 23.4 Å². The number of rotatable bonds is 4. The number of aromatic nitrogens is 2. The first-order chi connectivity index (χ1) is 12.3. The molecule has 0 spiro atoms. The molecule has 0 N–H and O–H groups in total. The van der Waals surface area contributed by atoms with E-state index in [9.17, 15) is 4.79 Å². The van der Waals surface area contributed by atoms with Gasteiger partial charge in [0.2, 0.25) is 11.8 Å². The minimum absolute atomic E-state index is 0.123. The van der Waals surface area contributed by atoms with E-state index in [1.54, 1.807) is 0 Å². The summed E-state index contributed by atoms with van der Waals surface area (Å²) >= 11 is 1.33. The molecule has 7 heteroatoms. The van der Waals surface area contributed by atoms with E-state index in [2.05, 4.69) is 27.2 Å². The molecule has 1 amide bonds. The topological polar surface area (TPSA) is 62.5 Å². The summed E-state index contributed by atoms with van der Waals surface area (Å²) in [6, 6.07) is 10.3. The van der Waals surface area contributed by atoms with E-state index in [1.807, 2.05) is 50.8 Å². The lowest BCUT2D eigenvalue weighted by Gasteiger charge is -2.37. The molecule has 0 radical (unpaired) electrons. The predicted octanol–water partition coefficient (Wildman–Crippen LogP) is 3.20. The minimum Gasteiger partial charge on any atom is -0.415 e. The van der Waals surface area contributed by atoms with Crippen molar-refractivity contribution in [1.29, 1.82) is 0 Å². The number of hydrogen-bond donors (Lipinski definition) is 0. The third-order valence-corrected chi connectivity index (χ3v) is 5.31. The summed E-state index contributed by atoms with van der Waals surface area (Å²) in [4.78, 5) is 17.0. The van der Waals surface area contributed by atoms with Crippen LogP contribution in [-0.4, -0.2) is 52.4 Å². The van der Waals surface area contributed by atoms with E-state index in [4.69, 9.17) is 4.42 Å². The molecule has 0 bridgehead atoms. The van der Waals surface area contributed by atoms with Gasteiger partial charge in [-0.05, 0) is 19.1 Å². The highest BCUT2D eigenvalue weighted by atomic mass is 32.2. The van der Waals surface area contributed by atoms with Crippen LogP contribution in [0.25, 0.3) is 0 Å². The molecule has 1 fully saturated rings. The number of thioether (sulfide) groups is 1. The highest BCUT2D eigenvalue weighted by Gasteiger charge is 2.28. The predicted molar refractivity (Wildman–Crippen MR) is 104 cm³/mol. The zero-order valence-electron chi connectivity index (χ0n) is 15.8. The largest absolute Gasteiger partial charge is 0.415 e. The summed E-state index contributed by atoms with van der Waals surface area (Å²) in [5.74, 6) is 0.717. The van der Waals surface area contributed by atoms with Gasteiger partial charge >= 0.3 is 0 Å². The standard InChI is InChI=1S/C19H26N4O2S/c1-14(26-18-21-20-17(25-18)19(2,3)4)16(24)23-12-10-22(11-13-23)15-8-6-5-7-9-15/h5-9,14H,10-13H2,1-4H3. The van der Waals surface area contributed by atoms with Crippen LogP contribution < -0.4 is 4.90 Å². The lowest BCUT2D eigenvalue weighted by Crippen LogP contribution is -2.50. The zero-order valence-corrected chi connectivity index (χ0v) is 16.6. The van der Waals surface area contributed by atoms with Gasteiger partial charge in [-0.15, -0.1) is 10.2 Å². The normalized spacial score (nSPS) is 16.6. The van der Waals surface area contributed by atoms with Gasteiger partial charge < -0.3 is 14.2 Å². The van der Waals surface area contributed by atoms with Gasteiger partial charge in [0.15, 0.2) is 0 Å². The van der Waals surface area contributed by atoms with E-state index in [-0.39, 0.29) is 16.6 Å². The molecule has 1 atom stereocenters. The fraction of sp³-hybridized carbons (Fsp3) is 0.526. The van der Waals surface area contributed by atoms with Crippen molar-refractivity contribution in [2.24, 2.45) is 0 Å². The van der Waals surface area contributed by atoms with Crippen molar-refractivity contribution in [3.63, 3.8) is 0 Å². The number of para-hydroxylation sites is 1. The molecule has 6 nitrogen and oxygen atoms in total. The Hall–Kier alpha value is -2.02. The summed E-state index contributed by atoms with van der Waals surface area (Å²) in [6.45, 7) is 11.1. The molecule has 0 saturated carbocycles. The van der Waals surface area contributed by atoms with Gasteiger partial charge in [-0.25, -0.2) is 0 Å². The molecular weight excluding hydrogens is 348 g/mol.